The van der Waals surface area contributed by atoms with E-state index in [0.29, 0.717) is 18.1 Å². The molecule has 0 aromatic heterocycles. The van der Waals surface area contributed by atoms with Crippen molar-refractivity contribution in [3.63, 3.8) is 0 Å². The molecule has 110 valence electrons. The predicted octanol–water partition coefficient (Wildman–Crippen LogP) is 3.93. The number of carboxylic acids is 1. The maximum Gasteiger partial charge on any atom is 0.335 e. The van der Waals surface area contributed by atoms with Gasteiger partial charge in [0, 0.05) is 0 Å². The Morgan fingerprint density at radius 3 is 2.67 bits per heavy atom. The molecule has 4 nitrogen and oxygen atoms in total. The largest absolute Gasteiger partial charge is 0.493 e. The molecule has 0 radical (unpaired) electrons. The van der Waals surface area contributed by atoms with Gasteiger partial charge in [-0.15, -0.1) is 0 Å². The van der Waals surface area contributed by atoms with Crippen molar-refractivity contribution in [2.45, 2.75) is 13.5 Å². The number of methoxy groups -OCH3 is 1. The Morgan fingerprint density at radius 1 is 1.29 bits per heavy atom. The monoisotopic (exact) mass is 306 g/mol. The Bertz CT molecular complexity index is 667. The van der Waals surface area contributed by atoms with E-state index < -0.39 is 5.97 Å². The van der Waals surface area contributed by atoms with Gasteiger partial charge in [-0.05, 0) is 24.6 Å². The number of hydrogen-bond donors (Lipinski definition) is 1. The van der Waals surface area contributed by atoms with Crippen molar-refractivity contribution in [2.24, 2.45) is 0 Å². The SMILES string of the molecule is COc1cc(C(=O)O)cc(Cl)c1OCc1cccc(C)c1. The zero-order chi connectivity index (χ0) is 15.4. The highest BCUT2D eigenvalue weighted by Gasteiger charge is 2.15. The fraction of sp³-hybridized carbons (Fsp3) is 0.188. The van der Waals surface area contributed by atoms with Crippen LogP contribution in [-0.4, -0.2) is 18.2 Å². The summed E-state index contributed by atoms with van der Waals surface area (Å²) in [5.41, 5.74) is 2.19. The molecule has 0 fully saturated rings. The van der Waals surface area contributed by atoms with Crippen LogP contribution in [0, 0.1) is 6.92 Å². The molecule has 0 saturated heterocycles. The molecule has 0 heterocycles. The van der Waals surface area contributed by atoms with Crippen LogP contribution in [0.5, 0.6) is 11.5 Å². The molecule has 1 N–H and O–H groups in total. The van der Waals surface area contributed by atoms with Crippen molar-refractivity contribution in [1.82, 2.24) is 0 Å². The molecule has 0 unspecified atom stereocenters. The lowest BCUT2D eigenvalue weighted by atomic mass is 10.1. The van der Waals surface area contributed by atoms with E-state index in [2.05, 4.69) is 0 Å². The fourth-order valence-electron chi connectivity index (χ4n) is 1.94. The van der Waals surface area contributed by atoms with Gasteiger partial charge in [-0.3, -0.25) is 0 Å². The highest BCUT2D eigenvalue weighted by molar-refractivity contribution is 6.32. The van der Waals surface area contributed by atoms with Gasteiger partial charge < -0.3 is 14.6 Å². The molecule has 0 aliphatic heterocycles. The van der Waals surface area contributed by atoms with Gasteiger partial charge in [0.1, 0.15) is 6.61 Å². The molecule has 0 aliphatic rings. The van der Waals surface area contributed by atoms with E-state index in [1.165, 1.54) is 19.2 Å². The minimum Gasteiger partial charge on any atom is -0.493 e. The number of benzene rings is 2. The van der Waals surface area contributed by atoms with Crippen molar-refractivity contribution in [1.29, 1.82) is 0 Å². The minimum absolute atomic E-state index is 0.0553. The first-order chi connectivity index (χ1) is 10.0. The highest BCUT2D eigenvalue weighted by atomic mass is 35.5. The summed E-state index contributed by atoms with van der Waals surface area (Å²) >= 11 is 6.09. The van der Waals surface area contributed by atoms with Gasteiger partial charge in [-0.2, -0.15) is 0 Å². The van der Waals surface area contributed by atoms with E-state index in [1.807, 2.05) is 31.2 Å². The Balaban J connectivity index is 2.25. The molecule has 21 heavy (non-hydrogen) atoms. The molecular weight excluding hydrogens is 292 g/mol. The third-order valence-corrected chi connectivity index (χ3v) is 3.22. The van der Waals surface area contributed by atoms with Crippen LogP contribution in [0.1, 0.15) is 21.5 Å². The van der Waals surface area contributed by atoms with Gasteiger partial charge in [0.25, 0.3) is 0 Å². The summed E-state index contributed by atoms with van der Waals surface area (Å²) in [5, 5.41) is 9.21. The molecule has 2 aromatic rings. The summed E-state index contributed by atoms with van der Waals surface area (Å²) < 4.78 is 10.8. The third-order valence-electron chi connectivity index (χ3n) is 2.94. The normalized spacial score (nSPS) is 10.2. The lowest BCUT2D eigenvalue weighted by molar-refractivity contribution is 0.0696. The Hall–Kier alpha value is -2.20. The number of carbonyl (C=O) groups is 1. The first kappa shape index (κ1) is 15.2. The van der Waals surface area contributed by atoms with Crippen LogP contribution in [0.4, 0.5) is 0 Å². The summed E-state index contributed by atoms with van der Waals surface area (Å²) in [4.78, 5) is 11.0. The summed E-state index contributed by atoms with van der Waals surface area (Å²) in [7, 11) is 1.44. The van der Waals surface area contributed by atoms with E-state index in [9.17, 15) is 4.79 Å². The van der Waals surface area contributed by atoms with E-state index in [4.69, 9.17) is 26.2 Å². The standard InChI is InChI=1S/C16H15ClO4/c1-10-4-3-5-11(6-10)9-21-15-13(17)7-12(16(18)19)8-14(15)20-2/h3-8H,9H2,1-2H3,(H,18,19). The maximum atomic E-state index is 11.0. The van der Waals surface area contributed by atoms with Gasteiger partial charge in [0.2, 0.25) is 0 Å². The van der Waals surface area contributed by atoms with Crippen LogP contribution in [0.15, 0.2) is 36.4 Å². The van der Waals surface area contributed by atoms with Gasteiger partial charge in [0.15, 0.2) is 11.5 Å². The summed E-state index contributed by atoms with van der Waals surface area (Å²) in [5.74, 6) is -0.432. The second kappa shape index (κ2) is 6.50. The lowest BCUT2D eigenvalue weighted by Gasteiger charge is -2.13. The van der Waals surface area contributed by atoms with E-state index in [1.54, 1.807) is 0 Å². The zero-order valence-corrected chi connectivity index (χ0v) is 12.5. The van der Waals surface area contributed by atoms with E-state index in [-0.39, 0.29) is 10.6 Å². The van der Waals surface area contributed by atoms with Crippen LogP contribution in [-0.2, 0) is 6.61 Å². The maximum absolute atomic E-state index is 11.0. The molecule has 0 aliphatic carbocycles. The first-order valence-corrected chi connectivity index (χ1v) is 6.68. The van der Waals surface area contributed by atoms with Crippen LogP contribution >= 0.6 is 11.6 Å². The second-order valence-electron chi connectivity index (χ2n) is 4.57. The quantitative estimate of drug-likeness (QED) is 0.909. The number of aromatic carboxylic acids is 1. The highest BCUT2D eigenvalue weighted by Crippen LogP contribution is 2.37. The fourth-order valence-corrected chi connectivity index (χ4v) is 2.21. The molecular formula is C16H15ClO4. The summed E-state index contributed by atoms with van der Waals surface area (Å²) in [6.45, 7) is 2.32. The Labute approximate surface area is 127 Å². The van der Waals surface area contributed by atoms with Crippen molar-refractivity contribution in [3.8, 4) is 11.5 Å². The predicted molar refractivity (Wildman–Crippen MR) is 80.5 cm³/mol. The van der Waals surface area contributed by atoms with Crippen molar-refractivity contribution in [2.75, 3.05) is 7.11 Å². The smallest absolute Gasteiger partial charge is 0.335 e. The number of rotatable bonds is 5. The van der Waals surface area contributed by atoms with Crippen molar-refractivity contribution in [3.05, 3.63) is 58.1 Å². The average molecular weight is 307 g/mol. The molecule has 5 heteroatoms. The molecule has 0 saturated carbocycles. The van der Waals surface area contributed by atoms with E-state index in [0.717, 1.165) is 11.1 Å². The van der Waals surface area contributed by atoms with Gasteiger partial charge >= 0.3 is 5.97 Å². The third kappa shape index (κ3) is 3.67. The molecule has 0 atom stereocenters. The molecule has 2 rings (SSSR count). The topological polar surface area (TPSA) is 55.8 Å². The van der Waals surface area contributed by atoms with Crippen molar-refractivity contribution >= 4 is 17.6 Å². The second-order valence-corrected chi connectivity index (χ2v) is 4.98. The Kier molecular flexibility index (Phi) is 4.70. The van der Waals surface area contributed by atoms with Gasteiger partial charge in [-0.1, -0.05) is 41.4 Å². The first-order valence-electron chi connectivity index (χ1n) is 6.30. The number of hydrogen-bond acceptors (Lipinski definition) is 3. The molecule has 0 spiro atoms. The number of ether oxygens (including phenoxy) is 2. The van der Waals surface area contributed by atoms with Gasteiger partial charge in [-0.25, -0.2) is 4.79 Å². The van der Waals surface area contributed by atoms with Crippen molar-refractivity contribution < 1.29 is 19.4 Å². The van der Waals surface area contributed by atoms with Crippen LogP contribution < -0.4 is 9.47 Å². The lowest BCUT2D eigenvalue weighted by Crippen LogP contribution is -2.02. The van der Waals surface area contributed by atoms with Crippen LogP contribution in [0.3, 0.4) is 0 Å². The molecule has 2 aromatic carbocycles. The Morgan fingerprint density at radius 2 is 2.05 bits per heavy atom. The number of halogens is 1. The summed E-state index contributed by atoms with van der Waals surface area (Å²) in [6, 6.07) is 10.6. The van der Waals surface area contributed by atoms with Crippen LogP contribution in [0.2, 0.25) is 5.02 Å². The number of carboxylic acid groups (broad SMARTS) is 1. The zero-order valence-electron chi connectivity index (χ0n) is 11.7. The van der Waals surface area contributed by atoms with E-state index >= 15 is 0 Å². The minimum atomic E-state index is -1.07. The average Bonchev–Trinajstić information content (AvgIpc) is 2.45. The molecule has 0 amide bonds. The van der Waals surface area contributed by atoms with Gasteiger partial charge in [0.05, 0.1) is 17.7 Å². The molecule has 0 bridgehead atoms. The number of aryl methyl sites for hydroxylation is 1. The van der Waals surface area contributed by atoms with Crippen LogP contribution in [0.25, 0.3) is 0 Å². The summed E-state index contributed by atoms with van der Waals surface area (Å²) in [6.07, 6.45) is 0.